The van der Waals surface area contributed by atoms with Gasteiger partial charge in [-0.25, -0.2) is 9.78 Å². The molecule has 0 unspecified atom stereocenters. The van der Waals surface area contributed by atoms with Gasteiger partial charge in [-0.2, -0.15) is 0 Å². The number of H-pyrrole nitrogens is 1. The molecule has 3 aromatic rings. The van der Waals surface area contributed by atoms with E-state index in [1.807, 2.05) is 39.2 Å². The molecule has 2 heterocycles. The molecule has 0 radical (unpaired) electrons. The van der Waals surface area contributed by atoms with Gasteiger partial charge >= 0.3 is 5.97 Å². The Balaban J connectivity index is 2.13. The number of aromatic carboxylic acids is 1. The standard InChI is InChI=1S/C20H22N4O2/c1-13-4-5-15(20(25)26)12-16(13)19-18(14-6-9-21-10-7-14)22-17(23-19)8-11-24(2)3/h4-7,9-10,12H,8,11H2,1-3H3,(H,22,23)(H,25,26). The number of nitrogens with one attached hydrogen (secondary N) is 1. The highest BCUT2D eigenvalue weighted by Gasteiger charge is 2.17. The first-order valence-electron chi connectivity index (χ1n) is 8.44. The van der Waals surface area contributed by atoms with Crippen molar-refractivity contribution in [2.75, 3.05) is 20.6 Å². The monoisotopic (exact) mass is 350 g/mol. The van der Waals surface area contributed by atoms with E-state index in [4.69, 9.17) is 4.98 Å². The minimum Gasteiger partial charge on any atom is -0.478 e. The van der Waals surface area contributed by atoms with Crippen molar-refractivity contribution in [2.24, 2.45) is 0 Å². The molecule has 0 atom stereocenters. The maximum Gasteiger partial charge on any atom is 0.335 e. The second kappa shape index (κ2) is 7.49. The highest BCUT2D eigenvalue weighted by molar-refractivity contribution is 5.91. The number of aromatic amines is 1. The number of rotatable bonds is 6. The van der Waals surface area contributed by atoms with Gasteiger partial charge in [0.15, 0.2) is 0 Å². The number of carboxylic acids is 1. The zero-order valence-electron chi connectivity index (χ0n) is 15.2. The first kappa shape index (κ1) is 17.8. The molecule has 0 saturated heterocycles. The molecule has 0 bridgehead atoms. The molecule has 0 aliphatic rings. The van der Waals surface area contributed by atoms with Crippen LogP contribution in [0.25, 0.3) is 22.5 Å². The van der Waals surface area contributed by atoms with Gasteiger partial charge in [-0.3, -0.25) is 4.98 Å². The number of benzene rings is 1. The third kappa shape index (κ3) is 3.81. The Morgan fingerprint density at radius 2 is 1.92 bits per heavy atom. The van der Waals surface area contributed by atoms with Crippen molar-refractivity contribution in [1.82, 2.24) is 19.9 Å². The molecule has 0 spiro atoms. The summed E-state index contributed by atoms with van der Waals surface area (Å²) in [6.45, 7) is 2.84. The third-order valence-corrected chi connectivity index (χ3v) is 4.26. The summed E-state index contributed by atoms with van der Waals surface area (Å²) in [5.41, 5.74) is 4.70. The Labute approximate surface area is 152 Å². The molecule has 6 nitrogen and oxygen atoms in total. The Kier molecular flexibility index (Phi) is 5.14. The average molecular weight is 350 g/mol. The molecular weight excluding hydrogens is 328 g/mol. The molecule has 1 aromatic carbocycles. The average Bonchev–Trinajstić information content (AvgIpc) is 3.05. The second-order valence-electron chi connectivity index (χ2n) is 6.53. The van der Waals surface area contributed by atoms with Crippen molar-refractivity contribution in [3.8, 4) is 22.5 Å². The fourth-order valence-electron chi connectivity index (χ4n) is 2.81. The lowest BCUT2D eigenvalue weighted by Gasteiger charge is -2.08. The number of hydrogen-bond acceptors (Lipinski definition) is 4. The summed E-state index contributed by atoms with van der Waals surface area (Å²) in [5, 5.41) is 9.34. The number of imidazole rings is 1. The van der Waals surface area contributed by atoms with E-state index in [1.165, 1.54) is 0 Å². The smallest absolute Gasteiger partial charge is 0.335 e. The van der Waals surface area contributed by atoms with Crippen molar-refractivity contribution in [3.63, 3.8) is 0 Å². The zero-order chi connectivity index (χ0) is 18.7. The highest BCUT2D eigenvalue weighted by atomic mass is 16.4. The van der Waals surface area contributed by atoms with Gasteiger partial charge in [0.25, 0.3) is 0 Å². The lowest BCUT2D eigenvalue weighted by molar-refractivity contribution is 0.0697. The summed E-state index contributed by atoms with van der Waals surface area (Å²) in [4.78, 5) is 25.8. The SMILES string of the molecule is Cc1ccc(C(=O)O)cc1-c1[nH]c(CCN(C)C)nc1-c1ccncc1. The van der Waals surface area contributed by atoms with Gasteiger partial charge in [-0.15, -0.1) is 0 Å². The summed E-state index contributed by atoms with van der Waals surface area (Å²) in [6.07, 6.45) is 4.24. The summed E-state index contributed by atoms with van der Waals surface area (Å²) >= 11 is 0. The van der Waals surface area contributed by atoms with Gasteiger partial charge in [0.2, 0.25) is 0 Å². The molecule has 0 aliphatic heterocycles. The van der Waals surface area contributed by atoms with Gasteiger partial charge < -0.3 is 15.0 Å². The molecule has 134 valence electrons. The van der Waals surface area contributed by atoms with Crippen LogP contribution in [-0.2, 0) is 6.42 Å². The molecule has 2 aromatic heterocycles. The van der Waals surface area contributed by atoms with Crippen molar-refractivity contribution < 1.29 is 9.90 Å². The van der Waals surface area contributed by atoms with Crippen LogP contribution < -0.4 is 0 Å². The molecular formula is C20H22N4O2. The highest BCUT2D eigenvalue weighted by Crippen LogP contribution is 2.32. The fourth-order valence-corrected chi connectivity index (χ4v) is 2.81. The van der Waals surface area contributed by atoms with E-state index in [0.29, 0.717) is 0 Å². The first-order chi connectivity index (χ1) is 12.5. The molecule has 26 heavy (non-hydrogen) atoms. The number of hydrogen-bond donors (Lipinski definition) is 2. The maximum absolute atomic E-state index is 11.4. The van der Waals surface area contributed by atoms with Crippen LogP contribution in [0.4, 0.5) is 0 Å². The first-order valence-corrected chi connectivity index (χ1v) is 8.44. The molecule has 0 amide bonds. The van der Waals surface area contributed by atoms with Gasteiger partial charge in [-0.05, 0) is 50.8 Å². The molecule has 0 fully saturated rings. The van der Waals surface area contributed by atoms with E-state index in [2.05, 4.69) is 14.9 Å². The van der Waals surface area contributed by atoms with Crippen molar-refractivity contribution in [2.45, 2.75) is 13.3 Å². The van der Waals surface area contributed by atoms with Crippen LogP contribution in [0.3, 0.4) is 0 Å². The van der Waals surface area contributed by atoms with Crippen LogP contribution >= 0.6 is 0 Å². The normalized spacial score (nSPS) is 11.1. The number of carboxylic acid groups (broad SMARTS) is 1. The largest absolute Gasteiger partial charge is 0.478 e. The van der Waals surface area contributed by atoms with Crippen LogP contribution in [0, 0.1) is 6.92 Å². The lowest BCUT2D eigenvalue weighted by Crippen LogP contribution is -2.15. The van der Waals surface area contributed by atoms with Gasteiger partial charge in [-0.1, -0.05) is 6.07 Å². The molecule has 0 aliphatic carbocycles. The fraction of sp³-hybridized carbons (Fsp3) is 0.250. The van der Waals surface area contributed by atoms with E-state index in [-0.39, 0.29) is 5.56 Å². The van der Waals surface area contributed by atoms with Crippen LogP contribution in [0.1, 0.15) is 21.7 Å². The number of aromatic nitrogens is 3. The Morgan fingerprint density at radius 1 is 1.19 bits per heavy atom. The van der Waals surface area contributed by atoms with Gasteiger partial charge in [0.05, 0.1) is 17.0 Å². The van der Waals surface area contributed by atoms with E-state index in [0.717, 1.165) is 46.9 Å². The predicted octanol–water partition coefficient (Wildman–Crippen LogP) is 3.25. The van der Waals surface area contributed by atoms with Gasteiger partial charge in [0, 0.05) is 36.5 Å². The van der Waals surface area contributed by atoms with Crippen molar-refractivity contribution in [1.29, 1.82) is 0 Å². The zero-order valence-corrected chi connectivity index (χ0v) is 15.2. The molecule has 0 saturated carbocycles. The minimum atomic E-state index is -0.941. The summed E-state index contributed by atoms with van der Waals surface area (Å²) in [7, 11) is 4.04. The Morgan fingerprint density at radius 3 is 2.58 bits per heavy atom. The van der Waals surface area contributed by atoms with E-state index in [1.54, 1.807) is 24.5 Å². The number of pyridine rings is 1. The molecule has 2 N–H and O–H groups in total. The van der Waals surface area contributed by atoms with Crippen LogP contribution in [0.5, 0.6) is 0 Å². The van der Waals surface area contributed by atoms with Crippen LogP contribution in [0.2, 0.25) is 0 Å². The molecule has 6 heteroatoms. The maximum atomic E-state index is 11.4. The van der Waals surface area contributed by atoms with E-state index in [9.17, 15) is 9.90 Å². The second-order valence-corrected chi connectivity index (χ2v) is 6.53. The summed E-state index contributed by atoms with van der Waals surface area (Å²) < 4.78 is 0. The molecule has 3 rings (SSSR count). The van der Waals surface area contributed by atoms with Crippen molar-refractivity contribution in [3.05, 3.63) is 59.7 Å². The number of nitrogens with zero attached hydrogens (tertiary/aromatic N) is 3. The van der Waals surface area contributed by atoms with E-state index < -0.39 is 5.97 Å². The predicted molar refractivity (Wildman–Crippen MR) is 101 cm³/mol. The topological polar surface area (TPSA) is 82.1 Å². The quantitative estimate of drug-likeness (QED) is 0.713. The lowest BCUT2D eigenvalue weighted by atomic mass is 9.99. The number of likely N-dealkylation sites (N-methyl/N-ethyl adjacent to an activating group) is 1. The Hall–Kier alpha value is -2.99. The summed E-state index contributed by atoms with van der Waals surface area (Å²) in [5.74, 6) is -0.0651. The minimum absolute atomic E-state index is 0.260. The summed E-state index contributed by atoms with van der Waals surface area (Å²) in [6, 6.07) is 8.97. The number of aryl methyl sites for hydroxylation is 1. The number of carbonyl (C=O) groups is 1. The van der Waals surface area contributed by atoms with Crippen molar-refractivity contribution >= 4 is 5.97 Å². The Bertz CT molecular complexity index is 917. The van der Waals surface area contributed by atoms with E-state index >= 15 is 0 Å². The van der Waals surface area contributed by atoms with Gasteiger partial charge in [0.1, 0.15) is 5.82 Å². The third-order valence-electron chi connectivity index (χ3n) is 4.26. The van der Waals surface area contributed by atoms with Crippen LogP contribution in [-0.4, -0.2) is 51.6 Å². The van der Waals surface area contributed by atoms with Crippen LogP contribution in [0.15, 0.2) is 42.7 Å².